The summed E-state index contributed by atoms with van der Waals surface area (Å²) in [6.07, 6.45) is 2.14. The molecule has 1 saturated heterocycles. The van der Waals surface area contributed by atoms with Crippen molar-refractivity contribution in [2.45, 2.75) is 12.5 Å². The Kier molecular flexibility index (Phi) is 4.43. The summed E-state index contributed by atoms with van der Waals surface area (Å²) in [6, 6.07) is 6.73. The van der Waals surface area contributed by atoms with Crippen LogP contribution in [-0.2, 0) is 0 Å². The Morgan fingerprint density at radius 3 is 2.78 bits per heavy atom. The van der Waals surface area contributed by atoms with E-state index in [1.54, 1.807) is 4.90 Å². The van der Waals surface area contributed by atoms with Crippen LogP contribution in [0, 0.1) is 11.6 Å². The number of halogens is 3. The highest BCUT2D eigenvalue weighted by molar-refractivity contribution is 6.33. The molecular weight excluding hydrogens is 324 g/mol. The number of anilines is 1. The zero-order valence-electron chi connectivity index (χ0n) is 12.1. The van der Waals surface area contributed by atoms with Crippen molar-refractivity contribution in [1.29, 1.82) is 0 Å². The van der Waals surface area contributed by atoms with E-state index >= 15 is 0 Å². The Morgan fingerprint density at radius 1 is 1.26 bits per heavy atom. The third kappa shape index (κ3) is 3.27. The van der Waals surface area contributed by atoms with Crippen LogP contribution in [-0.4, -0.2) is 30.0 Å². The largest absolute Gasteiger partial charge is 0.352 e. The van der Waals surface area contributed by atoms with Gasteiger partial charge in [-0.2, -0.15) is 0 Å². The molecular formula is C16H14ClF2N3O. The Labute approximate surface area is 137 Å². The van der Waals surface area contributed by atoms with Gasteiger partial charge in [-0.3, -0.25) is 4.79 Å². The first-order valence-corrected chi connectivity index (χ1v) is 7.54. The van der Waals surface area contributed by atoms with Gasteiger partial charge >= 0.3 is 0 Å². The van der Waals surface area contributed by atoms with E-state index in [4.69, 9.17) is 11.6 Å². The monoisotopic (exact) mass is 337 g/mol. The molecule has 3 rings (SSSR count). The number of pyridine rings is 1. The molecule has 1 fully saturated rings. The number of carbonyl (C=O) groups is 1. The lowest BCUT2D eigenvalue weighted by Crippen LogP contribution is -2.37. The second-order valence-corrected chi connectivity index (χ2v) is 5.72. The van der Waals surface area contributed by atoms with E-state index in [2.05, 4.69) is 10.3 Å². The molecule has 1 unspecified atom stereocenters. The van der Waals surface area contributed by atoms with Gasteiger partial charge in [0, 0.05) is 25.3 Å². The van der Waals surface area contributed by atoms with Gasteiger partial charge in [0.25, 0.3) is 5.91 Å². The summed E-state index contributed by atoms with van der Waals surface area (Å²) in [5, 5.41) is 2.80. The molecule has 1 aliphatic heterocycles. The predicted molar refractivity (Wildman–Crippen MR) is 83.7 cm³/mol. The minimum atomic E-state index is -0.666. The molecule has 4 nitrogen and oxygen atoms in total. The minimum absolute atomic E-state index is 0.0631. The molecule has 0 bridgehead atoms. The van der Waals surface area contributed by atoms with Crippen LogP contribution in [0.1, 0.15) is 16.8 Å². The van der Waals surface area contributed by atoms with E-state index in [0.29, 0.717) is 19.5 Å². The van der Waals surface area contributed by atoms with Gasteiger partial charge in [0.05, 0.1) is 10.6 Å². The van der Waals surface area contributed by atoms with Crippen LogP contribution < -0.4 is 10.2 Å². The Balaban J connectivity index is 1.69. The topological polar surface area (TPSA) is 45.2 Å². The van der Waals surface area contributed by atoms with Gasteiger partial charge < -0.3 is 10.2 Å². The minimum Gasteiger partial charge on any atom is -0.352 e. The number of hydrogen-bond acceptors (Lipinski definition) is 3. The lowest BCUT2D eigenvalue weighted by atomic mass is 10.1. The van der Waals surface area contributed by atoms with Crippen LogP contribution in [0.5, 0.6) is 0 Å². The van der Waals surface area contributed by atoms with E-state index < -0.39 is 17.5 Å². The molecule has 2 heterocycles. The third-order valence-corrected chi connectivity index (χ3v) is 4.07. The fourth-order valence-corrected chi connectivity index (χ4v) is 2.90. The summed E-state index contributed by atoms with van der Waals surface area (Å²) in [5.41, 5.74) is -0.170. The molecule has 0 spiro atoms. The maximum atomic E-state index is 13.8. The second-order valence-electron chi connectivity index (χ2n) is 5.31. The first-order valence-electron chi connectivity index (χ1n) is 7.16. The molecule has 120 valence electrons. The summed E-state index contributed by atoms with van der Waals surface area (Å²) >= 11 is 5.88. The van der Waals surface area contributed by atoms with E-state index in [1.165, 1.54) is 36.5 Å². The van der Waals surface area contributed by atoms with Gasteiger partial charge in [0.15, 0.2) is 11.6 Å². The van der Waals surface area contributed by atoms with Gasteiger partial charge in [-0.05, 0) is 30.7 Å². The van der Waals surface area contributed by atoms with Crippen molar-refractivity contribution < 1.29 is 13.6 Å². The van der Waals surface area contributed by atoms with Gasteiger partial charge in [-0.15, -0.1) is 0 Å². The van der Waals surface area contributed by atoms with Crippen LogP contribution in [0.15, 0.2) is 36.5 Å². The predicted octanol–water partition coefficient (Wildman–Crippen LogP) is 3.02. The molecule has 1 amide bonds. The molecule has 1 aromatic heterocycles. The van der Waals surface area contributed by atoms with Gasteiger partial charge in [0.2, 0.25) is 0 Å². The van der Waals surface area contributed by atoms with Gasteiger partial charge in [-0.25, -0.2) is 13.8 Å². The van der Waals surface area contributed by atoms with Crippen LogP contribution in [0.4, 0.5) is 14.6 Å². The zero-order valence-corrected chi connectivity index (χ0v) is 12.9. The Hall–Kier alpha value is -2.21. The average Bonchev–Trinajstić information content (AvgIpc) is 2.95. The summed E-state index contributed by atoms with van der Waals surface area (Å²) < 4.78 is 27.5. The first-order chi connectivity index (χ1) is 11.1. The number of rotatable bonds is 3. The standard InChI is InChI=1S/C16H14ClF2N3O/c17-11-3-1-4-12(18)14(11)16(23)21-10-6-8-22(9-10)15-13(19)5-2-7-20-15/h1-5,7,10H,6,8-9H2,(H,21,23). The second kappa shape index (κ2) is 6.50. The number of hydrogen-bond donors (Lipinski definition) is 1. The lowest BCUT2D eigenvalue weighted by molar-refractivity contribution is 0.0936. The molecule has 23 heavy (non-hydrogen) atoms. The van der Waals surface area contributed by atoms with Crippen LogP contribution >= 0.6 is 11.6 Å². The fraction of sp³-hybridized carbons (Fsp3) is 0.250. The summed E-state index contributed by atoms with van der Waals surface area (Å²) in [5.74, 6) is -1.38. The summed E-state index contributed by atoms with van der Waals surface area (Å²) in [4.78, 5) is 18.0. The normalized spacial score (nSPS) is 17.3. The number of carbonyl (C=O) groups excluding carboxylic acids is 1. The van der Waals surface area contributed by atoms with Crippen molar-refractivity contribution in [3.05, 3.63) is 58.7 Å². The Morgan fingerprint density at radius 2 is 2.04 bits per heavy atom. The van der Waals surface area contributed by atoms with Crippen LogP contribution in [0.2, 0.25) is 5.02 Å². The molecule has 0 radical (unpaired) electrons. The maximum absolute atomic E-state index is 13.8. The highest BCUT2D eigenvalue weighted by atomic mass is 35.5. The SMILES string of the molecule is O=C(NC1CCN(c2ncccc2F)C1)c1c(F)cccc1Cl. The molecule has 1 atom stereocenters. The lowest BCUT2D eigenvalue weighted by Gasteiger charge is -2.18. The van der Waals surface area contributed by atoms with Crippen molar-refractivity contribution >= 4 is 23.3 Å². The molecule has 0 aliphatic carbocycles. The molecule has 1 N–H and O–H groups in total. The molecule has 1 aromatic carbocycles. The van der Waals surface area contributed by atoms with Crippen molar-refractivity contribution in [3.63, 3.8) is 0 Å². The van der Waals surface area contributed by atoms with Crippen molar-refractivity contribution in [2.24, 2.45) is 0 Å². The number of amides is 1. The van der Waals surface area contributed by atoms with Crippen LogP contribution in [0.3, 0.4) is 0 Å². The molecule has 2 aromatic rings. The number of nitrogens with one attached hydrogen (secondary N) is 1. The van der Waals surface area contributed by atoms with E-state index in [9.17, 15) is 13.6 Å². The third-order valence-electron chi connectivity index (χ3n) is 3.75. The smallest absolute Gasteiger partial charge is 0.256 e. The van der Waals surface area contributed by atoms with Crippen molar-refractivity contribution in [2.75, 3.05) is 18.0 Å². The highest BCUT2D eigenvalue weighted by Gasteiger charge is 2.28. The molecule has 0 saturated carbocycles. The highest BCUT2D eigenvalue weighted by Crippen LogP contribution is 2.22. The van der Waals surface area contributed by atoms with Gasteiger partial charge in [-0.1, -0.05) is 17.7 Å². The summed E-state index contributed by atoms with van der Waals surface area (Å²) in [6.45, 7) is 0.968. The van der Waals surface area contributed by atoms with E-state index in [1.807, 2.05) is 0 Å². The number of nitrogens with zero attached hydrogens (tertiary/aromatic N) is 2. The fourth-order valence-electron chi connectivity index (χ4n) is 2.65. The quantitative estimate of drug-likeness (QED) is 0.936. The number of benzene rings is 1. The molecule has 1 aliphatic rings. The number of aromatic nitrogens is 1. The van der Waals surface area contributed by atoms with Crippen molar-refractivity contribution in [1.82, 2.24) is 10.3 Å². The first kappa shape index (κ1) is 15.7. The Bertz CT molecular complexity index is 721. The average molecular weight is 338 g/mol. The van der Waals surface area contributed by atoms with E-state index in [-0.39, 0.29) is 22.4 Å². The zero-order chi connectivity index (χ0) is 16.4. The van der Waals surface area contributed by atoms with Crippen molar-refractivity contribution in [3.8, 4) is 0 Å². The van der Waals surface area contributed by atoms with Gasteiger partial charge in [0.1, 0.15) is 5.82 Å². The van der Waals surface area contributed by atoms with E-state index in [0.717, 1.165) is 0 Å². The summed E-state index contributed by atoms with van der Waals surface area (Å²) in [7, 11) is 0. The maximum Gasteiger partial charge on any atom is 0.256 e. The van der Waals surface area contributed by atoms with Crippen LogP contribution in [0.25, 0.3) is 0 Å². The molecule has 7 heteroatoms.